The van der Waals surface area contributed by atoms with Crippen molar-refractivity contribution >= 4 is 11.6 Å². The monoisotopic (exact) mass is 232 g/mol. The molecule has 0 aliphatic carbocycles. The number of benzene rings is 1. The minimum absolute atomic E-state index is 0.0947. The maximum atomic E-state index is 13.3. The molecule has 2 N–H and O–H groups in total. The highest BCUT2D eigenvalue weighted by Gasteiger charge is 2.10. The number of halogens is 2. The summed E-state index contributed by atoms with van der Waals surface area (Å²) in [5.41, 5.74) is 0.450. The van der Waals surface area contributed by atoms with Gasteiger partial charge in [0.25, 0.3) is 0 Å². The molecule has 0 aliphatic heterocycles. The van der Waals surface area contributed by atoms with Gasteiger partial charge in [-0.3, -0.25) is 0 Å². The number of hydrogen-bond acceptors (Lipinski definition) is 2. The van der Waals surface area contributed by atoms with Gasteiger partial charge < -0.3 is 10.2 Å². The van der Waals surface area contributed by atoms with E-state index in [1.54, 1.807) is 12.1 Å². The summed E-state index contributed by atoms with van der Waals surface area (Å²) in [6, 6.07) is 4.54. The van der Waals surface area contributed by atoms with Gasteiger partial charge in [-0.25, -0.2) is 4.39 Å². The van der Waals surface area contributed by atoms with Crippen LogP contribution in [0.2, 0.25) is 5.02 Å². The summed E-state index contributed by atoms with van der Waals surface area (Å²) in [5, 5.41) is 18.1. The van der Waals surface area contributed by atoms with Gasteiger partial charge in [0.15, 0.2) is 0 Å². The third-order valence-electron chi connectivity index (χ3n) is 2.38. The van der Waals surface area contributed by atoms with Gasteiger partial charge in [0.05, 0.1) is 0 Å². The summed E-state index contributed by atoms with van der Waals surface area (Å²) in [6.07, 6.45) is 0.949. The van der Waals surface area contributed by atoms with Gasteiger partial charge in [-0.2, -0.15) is 0 Å². The molecule has 0 saturated heterocycles. The first-order valence-electron chi connectivity index (χ1n) is 4.83. The molecular formula is C11H14ClFO2. The zero-order chi connectivity index (χ0) is 11.3. The van der Waals surface area contributed by atoms with Gasteiger partial charge in [0, 0.05) is 29.7 Å². The lowest BCUT2D eigenvalue weighted by Gasteiger charge is -2.11. The number of hydrogen-bond donors (Lipinski definition) is 2. The molecule has 0 radical (unpaired) electrons. The standard InChI is InChI=1S/C11H14ClFO2/c12-10-2-1-3-11(13)9(10)5-4-8(6-14)7-15/h1-3,8,14-15H,4-7H2. The van der Waals surface area contributed by atoms with E-state index in [0.717, 1.165) is 0 Å². The largest absolute Gasteiger partial charge is 0.396 e. The van der Waals surface area contributed by atoms with Crippen LogP contribution in [0, 0.1) is 11.7 Å². The highest BCUT2D eigenvalue weighted by atomic mass is 35.5. The lowest BCUT2D eigenvalue weighted by Crippen LogP contribution is -2.12. The molecule has 15 heavy (non-hydrogen) atoms. The first-order chi connectivity index (χ1) is 7.19. The quantitative estimate of drug-likeness (QED) is 0.816. The average molecular weight is 233 g/mol. The molecule has 0 amide bonds. The molecule has 0 bridgehead atoms. The lowest BCUT2D eigenvalue weighted by molar-refractivity contribution is 0.144. The van der Waals surface area contributed by atoms with E-state index < -0.39 is 0 Å². The van der Waals surface area contributed by atoms with Crippen LogP contribution < -0.4 is 0 Å². The van der Waals surface area contributed by atoms with Crippen LogP contribution in [0.15, 0.2) is 18.2 Å². The Morgan fingerprint density at radius 2 is 1.93 bits per heavy atom. The fourth-order valence-corrected chi connectivity index (χ4v) is 1.62. The molecule has 2 nitrogen and oxygen atoms in total. The van der Waals surface area contributed by atoms with Crippen molar-refractivity contribution in [1.29, 1.82) is 0 Å². The minimum Gasteiger partial charge on any atom is -0.396 e. The van der Waals surface area contributed by atoms with Crippen molar-refractivity contribution in [3.63, 3.8) is 0 Å². The number of aliphatic hydroxyl groups is 2. The molecule has 1 aromatic rings. The van der Waals surface area contributed by atoms with E-state index in [1.165, 1.54) is 6.07 Å². The van der Waals surface area contributed by atoms with E-state index in [0.29, 0.717) is 23.4 Å². The van der Waals surface area contributed by atoms with E-state index in [9.17, 15) is 4.39 Å². The normalized spacial score (nSPS) is 11.0. The molecule has 1 rings (SSSR count). The zero-order valence-corrected chi connectivity index (χ0v) is 9.04. The van der Waals surface area contributed by atoms with Crippen molar-refractivity contribution in [2.24, 2.45) is 5.92 Å². The lowest BCUT2D eigenvalue weighted by atomic mass is 10.0. The van der Waals surface area contributed by atoms with Crippen LogP contribution in [0.25, 0.3) is 0 Å². The van der Waals surface area contributed by atoms with E-state index in [2.05, 4.69) is 0 Å². The summed E-state index contributed by atoms with van der Waals surface area (Å²) in [5.74, 6) is -0.544. The summed E-state index contributed by atoms with van der Waals surface area (Å²) >= 11 is 5.83. The Morgan fingerprint density at radius 3 is 2.47 bits per heavy atom. The number of aliphatic hydroxyl groups excluding tert-OH is 2. The van der Waals surface area contributed by atoms with Gasteiger partial charge in [0.2, 0.25) is 0 Å². The van der Waals surface area contributed by atoms with Crippen LogP contribution in [0.4, 0.5) is 4.39 Å². The zero-order valence-electron chi connectivity index (χ0n) is 8.29. The van der Waals surface area contributed by atoms with E-state index in [1.807, 2.05) is 0 Å². The van der Waals surface area contributed by atoms with Crippen molar-refractivity contribution in [1.82, 2.24) is 0 Å². The smallest absolute Gasteiger partial charge is 0.127 e. The first-order valence-corrected chi connectivity index (χ1v) is 5.21. The fraction of sp³-hybridized carbons (Fsp3) is 0.455. The molecule has 0 unspecified atom stereocenters. The summed E-state index contributed by atoms with van der Waals surface area (Å²) in [6.45, 7) is -0.189. The second-order valence-corrected chi connectivity index (χ2v) is 3.88. The van der Waals surface area contributed by atoms with Crippen LogP contribution in [-0.4, -0.2) is 23.4 Å². The van der Waals surface area contributed by atoms with Gasteiger partial charge in [-0.1, -0.05) is 17.7 Å². The molecular weight excluding hydrogens is 219 g/mol. The third-order valence-corrected chi connectivity index (χ3v) is 2.73. The van der Waals surface area contributed by atoms with E-state index in [-0.39, 0.29) is 24.9 Å². The second kappa shape index (κ2) is 6.05. The van der Waals surface area contributed by atoms with Crippen LogP contribution >= 0.6 is 11.6 Å². The maximum Gasteiger partial charge on any atom is 0.127 e. The predicted molar refractivity (Wildman–Crippen MR) is 57.4 cm³/mol. The van der Waals surface area contributed by atoms with Crippen LogP contribution in [0.3, 0.4) is 0 Å². The van der Waals surface area contributed by atoms with Gasteiger partial charge in [-0.15, -0.1) is 0 Å². The molecule has 1 aromatic carbocycles. The molecule has 0 fully saturated rings. The number of rotatable bonds is 5. The molecule has 0 spiro atoms. The average Bonchev–Trinajstić information content (AvgIpc) is 2.23. The van der Waals surface area contributed by atoms with Crippen molar-refractivity contribution in [2.45, 2.75) is 12.8 Å². The van der Waals surface area contributed by atoms with Crippen molar-refractivity contribution in [3.8, 4) is 0 Å². The highest BCUT2D eigenvalue weighted by molar-refractivity contribution is 6.31. The van der Waals surface area contributed by atoms with Crippen molar-refractivity contribution in [2.75, 3.05) is 13.2 Å². The minimum atomic E-state index is -0.336. The Morgan fingerprint density at radius 1 is 1.27 bits per heavy atom. The fourth-order valence-electron chi connectivity index (χ4n) is 1.36. The second-order valence-electron chi connectivity index (χ2n) is 3.47. The molecule has 0 aliphatic rings. The van der Waals surface area contributed by atoms with Crippen LogP contribution in [0.5, 0.6) is 0 Å². The van der Waals surface area contributed by atoms with Crippen molar-refractivity contribution in [3.05, 3.63) is 34.6 Å². The Hall–Kier alpha value is -0.640. The maximum absolute atomic E-state index is 13.3. The Balaban J connectivity index is 2.64. The predicted octanol–water partition coefficient (Wildman–Crippen LogP) is 2.01. The van der Waals surface area contributed by atoms with Gasteiger partial charge >= 0.3 is 0 Å². The molecule has 4 heteroatoms. The van der Waals surface area contributed by atoms with Gasteiger partial charge in [-0.05, 0) is 25.0 Å². The first kappa shape index (κ1) is 12.4. The summed E-state index contributed by atoms with van der Waals surface area (Å²) < 4.78 is 13.3. The van der Waals surface area contributed by atoms with Crippen LogP contribution in [0.1, 0.15) is 12.0 Å². The molecule has 0 heterocycles. The van der Waals surface area contributed by atoms with Crippen molar-refractivity contribution < 1.29 is 14.6 Å². The Kier molecular flexibility index (Phi) is 5.02. The third kappa shape index (κ3) is 3.45. The Labute approximate surface area is 93.3 Å². The molecule has 84 valence electrons. The van der Waals surface area contributed by atoms with Crippen LogP contribution in [-0.2, 0) is 6.42 Å². The summed E-state index contributed by atoms with van der Waals surface area (Å²) in [4.78, 5) is 0. The Bertz CT molecular complexity index is 293. The van der Waals surface area contributed by atoms with E-state index >= 15 is 0 Å². The van der Waals surface area contributed by atoms with Gasteiger partial charge in [0.1, 0.15) is 5.82 Å². The summed E-state index contributed by atoms with van der Waals surface area (Å²) in [7, 11) is 0. The molecule has 0 saturated carbocycles. The SMILES string of the molecule is OCC(CO)CCc1c(F)cccc1Cl. The molecule has 0 aromatic heterocycles. The molecule has 0 atom stereocenters. The highest BCUT2D eigenvalue weighted by Crippen LogP contribution is 2.21. The topological polar surface area (TPSA) is 40.5 Å². The van der Waals surface area contributed by atoms with E-state index in [4.69, 9.17) is 21.8 Å².